The lowest BCUT2D eigenvalue weighted by atomic mass is 9.55. The van der Waals surface area contributed by atoms with Gasteiger partial charge in [0.1, 0.15) is 5.75 Å². The van der Waals surface area contributed by atoms with Crippen molar-refractivity contribution in [3.63, 3.8) is 0 Å². The normalized spacial score (nSPS) is 32.7. The highest BCUT2D eigenvalue weighted by Gasteiger charge is 2.57. The molecule has 0 bridgehead atoms. The maximum atomic E-state index is 12.5. The number of fused-ring (bicyclic) bond motifs is 5. The number of carbonyl (C=O) groups excluding carboxylic acids is 1. The van der Waals surface area contributed by atoms with Crippen molar-refractivity contribution in [2.45, 2.75) is 95.4 Å². The molecule has 6 rings (SSSR count). The lowest BCUT2D eigenvalue weighted by molar-refractivity contribution is -0.278. The van der Waals surface area contributed by atoms with E-state index < -0.39 is 0 Å². The van der Waals surface area contributed by atoms with Crippen molar-refractivity contribution in [2.75, 3.05) is 7.11 Å². The molecule has 192 valence electrons. The molecule has 2 aromatic rings. The van der Waals surface area contributed by atoms with Gasteiger partial charge in [-0.15, -0.1) is 0 Å². The van der Waals surface area contributed by atoms with E-state index in [1.807, 2.05) is 31.4 Å². The monoisotopic (exact) mass is 488 g/mol. The molecule has 0 aliphatic heterocycles. The Morgan fingerprint density at radius 1 is 0.917 bits per heavy atom. The van der Waals surface area contributed by atoms with Crippen LogP contribution in [0, 0.1) is 17.3 Å². The van der Waals surface area contributed by atoms with Gasteiger partial charge in [0.25, 0.3) is 0 Å². The van der Waals surface area contributed by atoms with Crippen molar-refractivity contribution in [3.8, 4) is 5.75 Å². The van der Waals surface area contributed by atoms with Crippen LogP contribution in [0.4, 0.5) is 0 Å². The van der Waals surface area contributed by atoms with Crippen molar-refractivity contribution < 1.29 is 19.0 Å². The first-order chi connectivity index (χ1) is 17.5. The summed E-state index contributed by atoms with van der Waals surface area (Å²) in [5.74, 6) is 2.05. The van der Waals surface area contributed by atoms with E-state index >= 15 is 0 Å². The summed E-state index contributed by atoms with van der Waals surface area (Å²) in [6, 6.07) is 15.6. The van der Waals surface area contributed by atoms with Gasteiger partial charge in [-0.1, -0.05) is 37.6 Å². The van der Waals surface area contributed by atoms with Gasteiger partial charge in [0, 0.05) is 20.0 Å². The second-order valence-electron chi connectivity index (χ2n) is 11.9. The van der Waals surface area contributed by atoms with Crippen molar-refractivity contribution >= 4 is 5.97 Å². The predicted molar refractivity (Wildman–Crippen MR) is 140 cm³/mol. The Labute approximate surface area is 215 Å². The number of hydrogen-bond acceptors (Lipinski definition) is 4. The molecule has 2 aromatic carbocycles. The maximum absolute atomic E-state index is 12.5. The first-order valence-corrected chi connectivity index (χ1v) is 14.1. The number of methoxy groups -OCH3 is 1. The van der Waals surface area contributed by atoms with E-state index in [1.54, 1.807) is 12.1 Å². The molecule has 4 aliphatic carbocycles. The zero-order valence-corrected chi connectivity index (χ0v) is 21.8. The van der Waals surface area contributed by atoms with Gasteiger partial charge in [-0.2, -0.15) is 0 Å². The van der Waals surface area contributed by atoms with Crippen LogP contribution in [0.15, 0.2) is 48.5 Å². The van der Waals surface area contributed by atoms with Crippen molar-refractivity contribution in [1.29, 1.82) is 0 Å². The molecule has 36 heavy (non-hydrogen) atoms. The molecule has 5 unspecified atom stereocenters. The van der Waals surface area contributed by atoms with Crippen LogP contribution >= 0.6 is 0 Å². The van der Waals surface area contributed by atoms with Gasteiger partial charge < -0.3 is 14.2 Å². The molecule has 3 saturated carbocycles. The summed E-state index contributed by atoms with van der Waals surface area (Å²) >= 11 is 0. The number of aryl methyl sites for hydroxylation is 1. The smallest absolute Gasteiger partial charge is 0.343 e. The molecular weight excluding hydrogens is 448 g/mol. The maximum Gasteiger partial charge on any atom is 0.343 e. The fraction of sp³-hybridized carbons (Fsp3) is 0.594. The highest BCUT2D eigenvalue weighted by Crippen LogP contribution is 2.62. The number of ether oxygens (including phenoxy) is 3. The third-order valence-electron chi connectivity index (χ3n) is 10.2. The van der Waals surface area contributed by atoms with Gasteiger partial charge >= 0.3 is 5.97 Å². The van der Waals surface area contributed by atoms with Gasteiger partial charge in [-0.05, 0) is 110 Å². The summed E-state index contributed by atoms with van der Waals surface area (Å²) in [5, 5.41) is 0. The summed E-state index contributed by atoms with van der Waals surface area (Å²) < 4.78 is 18.7. The van der Waals surface area contributed by atoms with Crippen molar-refractivity contribution in [3.05, 3.63) is 65.2 Å². The molecule has 4 nitrogen and oxygen atoms in total. The van der Waals surface area contributed by atoms with Gasteiger partial charge in [0.15, 0.2) is 5.79 Å². The Morgan fingerprint density at radius 3 is 2.50 bits per heavy atom. The lowest BCUT2D eigenvalue weighted by Crippen LogP contribution is -2.49. The molecule has 0 radical (unpaired) electrons. The molecule has 3 fully saturated rings. The summed E-state index contributed by atoms with van der Waals surface area (Å²) in [4.78, 5) is 12.5. The minimum Gasteiger partial charge on any atom is -0.423 e. The third kappa shape index (κ3) is 4.20. The fourth-order valence-electron chi connectivity index (χ4n) is 8.23. The van der Waals surface area contributed by atoms with Crippen LogP contribution in [-0.2, 0) is 15.9 Å². The second kappa shape index (κ2) is 9.61. The van der Waals surface area contributed by atoms with E-state index in [4.69, 9.17) is 14.2 Å². The zero-order chi connectivity index (χ0) is 24.8. The van der Waals surface area contributed by atoms with Gasteiger partial charge in [-0.25, -0.2) is 4.79 Å². The number of benzene rings is 2. The predicted octanol–water partition coefficient (Wildman–Crippen LogP) is 7.45. The lowest BCUT2D eigenvalue weighted by Gasteiger charge is -2.52. The number of hydrogen-bond donors (Lipinski definition) is 0. The van der Waals surface area contributed by atoms with E-state index in [2.05, 4.69) is 19.1 Å². The topological polar surface area (TPSA) is 44.8 Å². The number of esters is 1. The minimum absolute atomic E-state index is 0.243. The van der Waals surface area contributed by atoms with E-state index in [0.717, 1.165) is 25.7 Å². The molecule has 0 spiro atoms. The molecule has 0 aromatic heterocycles. The molecule has 0 N–H and O–H groups in total. The Morgan fingerprint density at radius 2 is 1.72 bits per heavy atom. The molecular formula is C32H40O4. The Kier molecular flexibility index (Phi) is 6.46. The molecule has 0 saturated heterocycles. The highest BCUT2D eigenvalue weighted by molar-refractivity contribution is 5.91. The van der Waals surface area contributed by atoms with Gasteiger partial charge in [0.05, 0.1) is 11.7 Å². The van der Waals surface area contributed by atoms with E-state index in [1.165, 1.54) is 56.1 Å². The van der Waals surface area contributed by atoms with Crippen LogP contribution in [0.5, 0.6) is 5.75 Å². The van der Waals surface area contributed by atoms with E-state index in [9.17, 15) is 4.79 Å². The van der Waals surface area contributed by atoms with Crippen LogP contribution < -0.4 is 4.74 Å². The van der Waals surface area contributed by atoms with Crippen molar-refractivity contribution in [2.24, 2.45) is 17.3 Å². The van der Waals surface area contributed by atoms with E-state index in [0.29, 0.717) is 35.2 Å². The van der Waals surface area contributed by atoms with Gasteiger partial charge in [0.2, 0.25) is 0 Å². The molecule has 4 heteroatoms. The van der Waals surface area contributed by atoms with Gasteiger partial charge in [-0.3, -0.25) is 0 Å². The molecule has 5 atom stereocenters. The summed E-state index contributed by atoms with van der Waals surface area (Å²) in [7, 11) is 1.85. The largest absolute Gasteiger partial charge is 0.423 e. The minimum atomic E-state index is -0.357. The first-order valence-electron chi connectivity index (χ1n) is 14.1. The number of rotatable bonds is 5. The summed E-state index contributed by atoms with van der Waals surface area (Å²) in [6.45, 7) is 2.51. The molecule has 4 aliphatic rings. The Hall–Kier alpha value is -2.17. The Bertz CT molecular complexity index is 1090. The van der Waals surface area contributed by atoms with Crippen LogP contribution in [0.1, 0.15) is 98.5 Å². The van der Waals surface area contributed by atoms with E-state index in [-0.39, 0.29) is 17.2 Å². The SMILES string of the molecule is COC1(OC2CCC3C4CCc5cc(OC(=O)c6ccccc6)ccc5C4CCC23C)CCCCC1. The van der Waals surface area contributed by atoms with Crippen LogP contribution in [0.3, 0.4) is 0 Å². The van der Waals surface area contributed by atoms with Crippen LogP contribution in [-0.4, -0.2) is 25.0 Å². The standard InChI is InChI=1S/C32H40O4/c1-31-20-17-26-25-14-12-24(35-30(33)22-9-5-3-6-10-22)21-23(25)11-13-27(26)28(31)15-16-29(31)36-32(34-2)18-7-4-8-19-32/h3,5-6,9-10,12,14,21,26-29H,4,7-8,11,13,15-20H2,1-2H3. The van der Waals surface area contributed by atoms with Crippen molar-refractivity contribution in [1.82, 2.24) is 0 Å². The highest BCUT2D eigenvalue weighted by atomic mass is 16.7. The number of carbonyl (C=O) groups is 1. The quantitative estimate of drug-likeness (QED) is 0.249. The second-order valence-corrected chi connectivity index (χ2v) is 11.9. The first kappa shape index (κ1) is 24.2. The summed E-state index contributed by atoms with van der Waals surface area (Å²) in [6.07, 6.45) is 13.3. The average Bonchev–Trinajstić information content (AvgIpc) is 3.25. The summed E-state index contributed by atoms with van der Waals surface area (Å²) in [5.41, 5.74) is 3.68. The molecule has 0 heterocycles. The third-order valence-corrected chi connectivity index (χ3v) is 10.2. The zero-order valence-electron chi connectivity index (χ0n) is 21.8. The van der Waals surface area contributed by atoms with Crippen LogP contribution in [0.2, 0.25) is 0 Å². The van der Waals surface area contributed by atoms with Crippen LogP contribution in [0.25, 0.3) is 0 Å². The average molecular weight is 489 g/mol. The molecule has 0 amide bonds. The Balaban J connectivity index is 1.17. The fourth-order valence-corrected chi connectivity index (χ4v) is 8.23.